The molecule has 1 heterocycles. The Bertz CT molecular complexity index is 698. The molecule has 2 aliphatic rings. The summed E-state index contributed by atoms with van der Waals surface area (Å²) >= 11 is 0. The number of nitrogens with one attached hydrogen (secondary N) is 1. The van der Waals surface area contributed by atoms with Gasteiger partial charge >= 0.3 is 0 Å². The summed E-state index contributed by atoms with van der Waals surface area (Å²) in [4.78, 5) is 12.3. The molecule has 0 unspecified atom stereocenters. The van der Waals surface area contributed by atoms with Crippen molar-refractivity contribution in [2.45, 2.75) is 51.6 Å². The lowest BCUT2D eigenvalue weighted by molar-refractivity contribution is -0.155. The molecule has 2 N–H and O–H groups in total. The quantitative estimate of drug-likeness (QED) is 0.725. The van der Waals surface area contributed by atoms with Gasteiger partial charge in [0.25, 0.3) is 5.91 Å². The van der Waals surface area contributed by atoms with Crippen LogP contribution in [0.25, 0.3) is 0 Å². The van der Waals surface area contributed by atoms with Gasteiger partial charge in [0, 0.05) is 6.42 Å². The van der Waals surface area contributed by atoms with Crippen LogP contribution in [0.5, 0.6) is 0 Å². The van der Waals surface area contributed by atoms with Gasteiger partial charge < -0.3 is 19.9 Å². The molecule has 1 aromatic carbocycles. The zero-order valence-electron chi connectivity index (χ0n) is 15.5. The van der Waals surface area contributed by atoms with Crippen molar-refractivity contribution < 1.29 is 19.4 Å². The average Bonchev–Trinajstić information content (AvgIpc) is 3.25. The van der Waals surface area contributed by atoms with Crippen molar-refractivity contribution in [3.8, 4) is 12.3 Å². The molecule has 3 rings (SSSR count). The first kappa shape index (κ1) is 19.5. The molecule has 27 heavy (non-hydrogen) atoms. The molecule has 1 aromatic rings. The van der Waals surface area contributed by atoms with Gasteiger partial charge in [-0.1, -0.05) is 43.0 Å². The van der Waals surface area contributed by atoms with E-state index in [9.17, 15) is 4.79 Å². The number of allylic oxidation sites excluding steroid dienone is 1. The van der Waals surface area contributed by atoms with E-state index in [1.54, 1.807) is 0 Å². The number of hydrogen-bond donors (Lipinski definition) is 2. The lowest BCUT2D eigenvalue weighted by Crippen LogP contribution is -2.34. The van der Waals surface area contributed by atoms with Gasteiger partial charge in [-0.2, -0.15) is 0 Å². The predicted molar refractivity (Wildman–Crippen MR) is 102 cm³/mol. The maximum Gasteiger partial charge on any atom is 0.286 e. The number of terminal acetylenes is 1. The highest BCUT2D eigenvalue weighted by Crippen LogP contribution is 2.38. The summed E-state index contributed by atoms with van der Waals surface area (Å²) in [6.07, 6.45) is 12.4. The minimum atomic E-state index is -0.454. The van der Waals surface area contributed by atoms with Crippen molar-refractivity contribution in [3.63, 3.8) is 0 Å². The molecule has 0 bridgehead atoms. The maximum absolute atomic E-state index is 12.3. The minimum Gasteiger partial charge on any atom is -0.459 e. The van der Waals surface area contributed by atoms with Gasteiger partial charge in [-0.15, -0.1) is 6.42 Å². The predicted octanol–water partition coefficient (Wildman–Crippen LogP) is 2.88. The Hall–Kier alpha value is -2.29. The third-order valence-electron chi connectivity index (χ3n) is 5.31. The van der Waals surface area contributed by atoms with E-state index in [1.807, 2.05) is 30.3 Å². The first-order chi connectivity index (χ1) is 13.2. The number of ether oxygens (including phenoxy) is 2. The van der Waals surface area contributed by atoms with Gasteiger partial charge in [0.2, 0.25) is 6.29 Å². The molecule has 1 fully saturated rings. The third kappa shape index (κ3) is 5.35. The summed E-state index contributed by atoms with van der Waals surface area (Å²) in [7, 11) is 0. The maximum atomic E-state index is 12.3. The lowest BCUT2D eigenvalue weighted by atomic mass is 9.86. The van der Waals surface area contributed by atoms with Crippen molar-refractivity contribution in [2.75, 3.05) is 6.54 Å². The fourth-order valence-electron chi connectivity index (χ4n) is 3.81. The van der Waals surface area contributed by atoms with Gasteiger partial charge in [0.05, 0.1) is 19.8 Å². The Morgan fingerprint density at radius 3 is 2.63 bits per heavy atom. The van der Waals surface area contributed by atoms with Crippen LogP contribution in [0.2, 0.25) is 0 Å². The van der Waals surface area contributed by atoms with E-state index in [0.717, 1.165) is 17.5 Å². The summed E-state index contributed by atoms with van der Waals surface area (Å²) in [6, 6.07) is 7.61. The third-order valence-corrected chi connectivity index (χ3v) is 5.31. The monoisotopic (exact) mass is 369 g/mol. The van der Waals surface area contributed by atoms with E-state index < -0.39 is 6.29 Å². The van der Waals surface area contributed by atoms with E-state index in [-0.39, 0.29) is 25.0 Å². The van der Waals surface area contributed by atoms with Crippen LogP contribution < -0.4 is 5.32 Å². The molecule has 0 aromatic heterocycles. The van der Waals surface area contributed by atoms with Crippen molar-refractivity contribution in [1.82, 2.24) is 5.32 Å². The molecule has 0 radical (unpaired) electrons. The van der Waals surface area contributed by atoms with Gasteiger partial charge in [0.15, 0.2) is 5.76 Å². The van der Waals surface area contributed by atoms with Crippen LogP contribution in [0.3, 0.4) is 0 Å². The molecule has 1 amide bonds. The van der Waals surface area contributed by atoms with Crippen LogP contribution in [0.4, 0.5) is 0 Å². The van der Waals surface area contributed by atoms with E-state index in [0.29, 0.717) is 18.3 Å². The number of rotatable bonds is 7. The summed E-state index contributed by atoms with van der Waals surface area (Å²) in [5, 5.41) is 11.8. The van der Waals surface area contributed by atoms with Crippen molar-refractivity contribution in [1.29, 1.82) is 0 Å². The van der Waals surface area contributed by atoms with E-state index in [4.69, 9.17) is 21.0 Å². The molecule has 1 aliphatic heterocycles. The van der Waals surface area contributed by atoms with Gasteiger partial charge in [0.1, 0.15) is 0 Å². The second kappa shape index (κ2) is 9.59. The van der Waals surface area contributed by atoms with E-state index >= 15 is 0 Å². The molecule has 5 nitrogen and oxygen atoms in total. The first-order valence-corrected chi connectivity index (χ1v) is 9.60. The average molecular weight is 369 g/mol. The van der Waals surface area contributed by atoms with Crippen LogP contribution in [0.15, 0.2) is 36.1 Å². The lowest BCUT2D eigenvalue weighted by Gasteiger charge is -2.32. The fraction of sp³-hybridized carbons (Fsp3) is 0.500. The second-order valence-electron chi connectivity index (χ2n) is 7.19. The van der Waals surface area contributed by atoms with Crippen molar-refractivity contribution in [3.05, 3.63) is 47.2 Å². The van der Waals surface area contributed by atoms with Crippen LogP contribution in [0, 0.1) is 24.2 Å². The highest BCUT2D eigenvalue weighted by atomic mass is 16.7. The fourth-order valence-corrected chi connectivity index (χ4v) is 3.81. The molecule has 5 heteroatoms. The highest BCUT2D eigenvalue weighted by Gasteiger charge is 2.33. The second-order valence-corrected chi connectivity index (χ2v) is 7.19. The molecular weight excluding hydrogens is 342 g/mol. The minimum absolute atomic E-state index is 0.0247. The summed E-state index contributed by atoms with van der Waals surface area (Å²) in [5.74, 6) is 3.31. The number of carbonyl (C=O) groups excluding carboxylic acids is 1. The van der Waals surface area contributed by atoms with Gasteiger partial charge in [-0.25, -0.2) is 0 Å². The molecule has 144 valence electrons. The summed E-state index contributed by atoms with van der Waals surface area (Å²) < 4.78 is 11.8. The number of aliphatic hydroxyl groups is 1. The van der Waals surface area contributed by atoms with E-state index in [2.05, 4.69) is 11.2 Å². The molecule has 0 spiro atoms. The first-order valence-electron chi connectivity index (χ1n) is 9.60. The zero-order chi connectivity index (χ0) is 19.1. The Kier molecular flexibility index (Phi) is 6.92. The Morgan fingerprint density at radius 1 is 1.26 bits per heavy atom. The SMILES string of the molecule is C#CCNC(=O)C1=C[C@H](C2CCCC2)C[C@H](OCc2ccc(CO)cc2)O1. The van der Waals surface area contributed by atoms with Crippen LogP contribution >= 0.6 is 0 Å². The van der Waals surface area contributed by atoms with Crippen LogP contribution in [0.1, 0.15) is 43.2 Å². The van der Waals surface area contributed by atoms with Crippen LogP contribution in [-0.4, -0.2) is 23.8 Å². The van der Waals surface area contributed by atoms with Gasteiger partial charge in [-0.05, 0) is 41.9 Å². The summed E-state index contributed by atoms with van der Waals surface area (Å²) in [6.45, 7) is 0.597. The Balaban J connectivity index is 1.64. The van der Waals surface area contributed by atoms with E-state index in [1.165, 1.54) is 25.7 Å². The van der Waals surface area contributed by atoms with Crippen molar-refractivity contribution in [2.24, 2.45) is 11.8 Å². The smallest absolute Gasteiger partial charge is 0.286 e. The normalized spacial score (nSPS) is 22.6. The highest BCUT2D eigenvalue weighted by molar-refractivity contribution is 5.91. The van der Waals surface area contributed by atoms with Crippen molar-refractivity contribution >= 4 is 5.91 Å². The topological polar surface area (TPSA) is 67.8 Å². The number of carbonyl (C=O) groups is 1. The summed E-state index contributed by atoms with van der Waals surface area (Å²) in [5.41, 5.74) is 1.87. The number of amides is 1. The van der Waals surface area contributed by atoms with Crippen LogP contribution in [-0.2, 0) is 27.5 Å². The standard InChI is InChI=1S/C22H27NO4/c1-2-11-23-22(25)20-12-19(18-5-3-4-6-18)13-21(27-20)26-15-17-9-7-16(14-24)8-10-17/h1,7-10,12,18-19,21,24H,3-6,11,13-15H2,(H,23,25)/t19-,21+/m0/s1. The Labute approximate surface area is 160 Å². The molecule has 2 atom stereocenters. The van der Waals surface area contributed by atoms with Gasteiger partial charge in [-0.3, -0.25) is 4.79 Å². The molecule has 1 aliphatic carbocycles. The Morgan fingerprint density at radius 2 is 1.96 bits per heavy atom. The number of benzene rings is 1. The largest absolute Gasteiger partial charge is 0.459 e. The molecular formula is C22H27NO4. The molecule has 0 saturated heterocycles. The number of aliphatic hydroxyl groups excluding tert-OH is 1. The zero-order valence-corrected chi connectivity index (χ0v) is 15.5. The molecule has 1 saturated carbocycles. The number of hydrogen-bond acceptors (Lipinski definition) is 4.